The van der Waals surface area contributed by atoms with E-state index < -0.39 is 12.1 Å². The number of thiazole rings is 1. The molecule has 1 saturated heterocycles. The van der Waals surface area contributed by atoms with Crippen LogP contribution in [0.3, 0.4) is 0 Å². The molecule has 9 heteroatoms. The Morgan fingerprint density at radius 1 is 1.32 bits per heavy atom. The molecule has 0 unspecified atom stereocenters. The number of aromatic nitrogens is 1. The van der Waals surface area contributed by atoms with E-state index in [0.29, 0.717) is 10.9 Å². The first-order valence-corrected chi connectivity index (χ1v) is 10.3. The van der Waals surface area contributed by atoms with E-state index in [1.54, 1.807) is 23.5 Å². The molecule has 2 aromatic rings. The van der Waals surface area contributed by atoms with Crippen LogP contribution in [0, 0.1) is 0 Å². The minimum absolute atomic E-state index is 0.0883. The summed E-state index contributed by atoms with van der Waals surface area (Å²) in [7, 11) is 0. The number of hydrogen-bond donors (Lipinski definition) is 2. The Balaban J connectivity index is 1.29. The fourth-order valence-corrected chi connectivity index (χ4v) is 4.59. The van der Waals surface area contributed by atoms with Crippen molar-refractivity contribution in [2.75, 3.05) is 5.32 Å². The Kier molecular flexibility index (Phi) is 5.43. The van der Waals surface area contributed by atoms with Gasteiger partial charge >= 0.3 is 6.03 Å². The molecule has 8 nitrogen and oxygen atoms in total. The molecule has 2 N–H and O–H groups in total. The number of imide groups is 1. The molecule has 4 rings (SSSR count). The van der Waals surface area contributed by atoms with E-state index in [4.69, 9.17) is 4.42 Å². The fraction of sp³-hybridized carbons (Fsp3) is 0.474. The van der Waals surface area contributed by atoms with Crippen molar-refractivity contribution in [3.05, 3.63) is 34.7 Å². The van der Waals surface area contributed by atoms with Gasteiger partial charge in [-0.15, -0.1) is 11.3 Å². The van der Waals surface area contributed by atoms with Gasteiger partial charge in [0, 0.05) is 11.3 Å². The van der Waals surface area contributed by atoms with Crippen molar-refractivity contribution >= 4 is 34.3 Å². The molecule has 4 amide bonds. The summed E-state index contributed by atoms with van der Waals surface area (Å²) in [5.74, 6) is -0.00367. The van der Waals surface area contributed by atoms with Crippen LogP contribution in [0.25, 0.3) is 0 Å². The summed E-state index contributed by atoms with van der Waals surface area (Å²) in [6.07, 6.45) is 7.40. The molecule has 1 atom stereocenters. The molecule has 148 valence electrons. The van der Waals surface area contributed by atoms with E-state index in [0.717, 1.165) is 29.9 Å². The summed E-state index contributed by atoms with van der Waals surface area (Å²) in [5.41, 5.74) is 1.10. The minimum Gasteiger partial charge on any atom is -0.467 e. The topological polar surface area (TPSA) is 105 Å². The second-order valence-electron chi connectivity index (χ2n) is 7.04. The molecule has 28 heavy (non-hydrogen) atoms. The SMILES string of the molecule is O=C(CC[C@@H]1NC(=O)N(Cc2ccco2)C1=O)Nc1nc2c(s1)CCCCC2. The second kappa shape index (κ2) is 8.14. The number of amides is 4. The summed E-state index contributed by atoms with van der Waals surface area (Å²) < 4.78 is 5.19. The summed E-state index contributed by atoms with van der Waals surface area (Å²) in [6, 6.07) is 2.25. The molecule has 1 aliphatic carbocycles. The number of carbonyl (C=O) groups is 3. The Bertz CT molecular complexity index is 853. The van der Waals surface area contributed by atoms with Gasteiger partial charge in [-0.05, 0) is 44.2 Å². The number of urea groups is 1. The summed E-state index contributed by atoms with van der Waals surface area (Å²) >= 11 is 1.54. The predicted molar refractivity (Wildman–Crippen MR) is 103 cm³/mol. The second-order valence-corrected chi connectivity index (χ2v) is 8.13. The molecule has 1 fully saturated rings. The highest BCUT2D eigenvalue weighted by Crippen LogP contribution is 2.29. The number of aryl methyl sites for hydroxylation is 2. The number of hydrogen-bond acceptors (Lipinski definition) is 6. The maximum absolute atomic E-state index is 12.4. The summed E-state index contributed by atoms with van der Waals surface area (Å²) in [5, 5.41) is 6.09. The zero-order valence-corrected chi connectivity index (χ0v) is 16.2. The lowest BCUT2D eigenvalue weighted by Crippen LogP contribution is -2.31. The Morgan fingerprint density at radius 3 is 3.00 bits per heavy atom. The molecule has 3 heterocycles. The summed E-state index contributed by atoms with van der Waals surface area (Å²) in [4.78, 5) is 43.7. The molecule has 2 aromatic heterocycles. The van der Waals surface area contributed by atoms with E-state index >= 15 is 0 Å². The van der Waals surface area contributed by atoms with Gasteiger partial charge in [-0.1, -0.05) is 6.42 Å². The van der Waals surface area contributed by atoms with Gasteiger partial charge < -0.3 is 15.1 Å². The van der Waals surface area contributed by atoms with Crippen molar-refractivity contribution in [1.29, 1.82) is 0 Å². The van der Waals surface area contributed by atoms with Crippen molar-refractivity contribution in [3.63, 3.8) is 0 Å². The van der Waals surface area contributed by atoms with Crippen LogP contribution in [0.15, 0.2) is 22.8 Å². The van der Waals surface area contributed by atoms with Crippen molar-refractivity contribution in [2.45, 2.75) is 57.5 Å². The number of fused-ring (bicyclic) bond motifs is 1. The third-order valence-corrected chi connectivity index (χ3v) is 6.08. The van der Waals surface area contributed by atoms with Gasteiger partial charge in [0.05, 0.1) is 18.5 Å². The van der Waals surface area contributed by atoms with Crippen molar-refractivity contribution in [2.24, 2.45) is 0 Å². The van der Waals surface area contributed by atoms with Crippen LogP contribution in [0.5, 0.6) is 0 Å². The first-order valence-electron chi connectivity index (χ1n) is 9.53. The Hall–Kier alpha value is -2.68. The summed E-state index contributed by atoms with van der Waals surface area (Å²) in [6.45, 7) is 0.0883. The zero-order chi connectivity index (χ0) is 19.5. The van der Waals surface area contributed by atoms with Crippen LogP contribution in [0.4, 0.5) is 9.93 Å². The lowest BCUT2D eigenvalue weighted by Gasteiger charge is -2.11. The first kappa shape index (κ1) is 18.7. The molecular formula is C19H22N4O4S. The Morgan fingerprint density at radius 2 is 2.18 bits per heavy atom. The largest absolute Gasteiger partial charge is 0.467 e. The highest BCUT2D eigenvalue weighted by atomic mass is 32.1. The maximum Gasteiger partial charge on any atom is 0.325 e. The van der Waals surface area contributed by atoms with E-state index in [9.17, 15) is 14.4 Å². The van der Waals surface area contributed by atoms with Gasteiger partial charge in [-0.3, -0.25) is 14.5 Å². The van der Waals surface area contributed by atoms with Crippen molar-refractivity contribution < 1.29 is 18.8 Å². The lowest BCUT2D eigenvalue weighted by molar-refractivity contribution is -0.128. The standard InChI is InChI=1S/C19H22N4O4S/c24-16(22-18-20-13-6-2-1-3-7-15(13)28-18)9-8-14-17(25)23(19(26)21-14)11-12-5-4-10-27-12/h4-5,10,14H,1-3,6-9,11H2,(H,21,26)(H,20,22,24)/t14-/m0/s1. The number of carbonyl (C=O) groups excluding carboxylic acids is 3. The smallest absolute Gasteiger partial charge is 0.325 e. The van der Waals surface area contributed by atoms with Gasteiger partial charge in [0.15, 0.2) is 5.13 Å². The van der Waals surface area contributed by atoms with Crippen LogP contribution in [0.2, 0.25) is 0 Å². The molecule has 0 spiro atoms. The zero-order valence-electron chi connectivity index (χ0n) is 15.4. The minimum atomic E-state index is -0.693. The third-order valence-electron chi connectivity index (χ3n) is 5.00. The van der Waals surface area contributed by atoms with Crippen LogP contribution in [-0.2, 0) is 29.0 Å². The number of anilines is 1. The normalized spacial score (nSPS) is 19.3. The molecule has 0 saturated carbocycles. The van der Waals surface area contributed by atoms with E-state index in [1.807, 2.05) is 0 Å². The molecule has 0 aromatic carbocycles. The molecule has 0 radical (unpaired) electrons. The highest BCUT2D eigenvalue weighted by Gasteiger charge is 2.38. The van der Waals surface area contributed by atoms with Gasteiger partial charge in [0.25, 0.3) is 5.91 Å². The van der Waals surface area contributed by atoms with E-state index in [2.05, 4.69) is 15.6 Å². The van der Waals surface area contributed by atoms with Crippen LogP contribution in [0.1, 0.15) is 48.4 Å². The molecular weight excluding hydrogens is 380 g/mol. The fourth-order valence-electron chi connectivity index (χ4n) is 3.52. The number of rotatable bonds is 6. The van der Waals surface area contributed by atoms with Crippen LogP contribution < -0.4 is 10.6 Å². The molecule has 1 aliphatic heterocycles. The van der Waals surface area contributed by atoms with Gasteiger partial charge in [-0.2, -0.15) is 0 Å². The third kappa shape index (κ3) is 4.09. The number of nitrogens with zero attached hydrogens (tertiary/aromatic N) is 2. The predicted octanol–water partition coefficient (Wildman–Crippen LogP) is 2.84. The average Bonchev–Trinajstić information content (AvgIpc) is 3.34. The highest BCUT2D eigenvalue weighted by molar-refractivity contribution is 7.15. The molecule has 0 bridgehead atoms. The monoisotopic (exact) mass is 402 g/mol. The first-order chi connectivity index (χ1) is 13.6. The van der Waals surface area contributed by atoms with Gasteiger partial charge in [-0.25, -0.2) is 9.78 Å². The maximum atomic E-state index is 12.4. The van der Waals surface area contributed by atoms with Crippen LogP contribution >= 0.6 is 11.3 Å². The quantitative estimate of drug-likeness (QED) is 0.571. The number of furan rings is 1. The van der Waals surface area contributed by atoms with E-state index in [-0.39, 0.29) is 31.2 Å². The van der Waals surface area contributed by atoms with Gasteiger partial charge in [0.2, 0.25) is 5.91 Å². The van der Waals surface area contributed by atoms with Crippen LogP contribution in [-0.4, -0.2) is 33.8 Å². The van der Waals surface area contributed by atoms with Gasteiger partial charge in [0.1, 0.15) is 11.8 Å². The average molecular weight is 402 g/mol. The number of nitrogens with one attached hydrogen (secondary N) is 2. The molecule has 2 aliphatic rings. The lowest BCUT2D eigenvalue weighted by atomic mass is 10.1. The van der Waals surface area contributed by atoms with Crippen molar-refractivity contribution in [3.8, 4) is 0 Å². The van der Waals surface area contributed by atoms with Crippen molar-refractivity contribution in [1.82, 2.24) is 15.2 Å². The van der Waals surface area contributed by atoms with E-state index in [1.165, 1.54) is 24.0 Å². The Labute approximate surface area is 166 Å².